The molecule has 0 saturated carbocycles. The molecule has 0 aromatic carbocycles. The van der Waals surface area contributed by atoms with E-state index in [-0.39, 0.29) is 6.04 Å². The summed E-state index contributed by atoms with van der Waals surface area (Å²) >= 11 is 0. The minimum absolute atomic E-state index is 0.0185. The third-order valence-corrected chi connectivity index (χ3v) is 1.27. The zero-order chi connectivity index (χ0) is 9.49. The van der Waals surface area contributed by atoms with Gasteiger partial charge in [0.05, 0.1) is 0 Å². The molecule has 0 aliphatic carbocycles. The molecule has 1 nitrogen and oxygen atoms in total. The van der Waals surface area contributed by atoms with E-state index in [9.17, 15) is 4.39 Å². The summed E-state index contributed by atoms with van der Waals surface area (Å²) in [5, 5.41) is 0. The van der Waals surface area contributed by atoms with E-state index < -0.39 is 5.67 Å². The van der Waals surface area contributed by atoms with Crippen LogP contribution in [0.4, 0.5) is 4.39 Å². The lowest BCUT2D eigenvalue weighted by molar-refractivity contribution is 0.186. The third kappa shape index (κ3) is 13.0. The highest BCUT2D eigenvalue weighted by Crippen LogP contribution is 2.15. The van der Waals surface area contributed by atoms with Crippen LogP contribution in [0.3, 0.4) is 0 Å². The van der Waals surface area contributed by atoms with Crippen molar-refractivity contribution in [3.05, 3.63) is 0 Å². The van der Waals surface area contributed by atoms with Crippen LogP contribution in [0.15, 0.2) is 0 Å². The molecule has 0 radical (unpaired) electrons. The molecule has 0 fully saturated rings. The minimum atomic E-state index is -1.10. The Morgan fingerprint density at radius 1 is 1.36 bits per heavy atom. The van der Waals surface area contributed by atoms with Gasteiger partial charge >= 0.3 is 0 Å². The van der Waals surface area contributed by atoms with Crippen LogP contribution in [-0.4, -0.2) is 11.7 Å². The second-order valence-corrected chi connectivity index (χ2v) is 3.09. The number of alkyl halides is 1. The lowest BCUT2D eigenvalue weighted by atomic mass is 10.0. The molecule has 0 rings (SSSR count). The first-order valence-corrected chi connectivity index (χ1v) is 4.40. The van der Waals surface area contributed by atoms with Crippen molar-refractivity contribution in [1.29, 1.82) is 0 Å². The largest absolute Gasteiger partial charge is 0.328 e. The number of hydrogen-bond acceptors (Lipinski definition) is 1. The fraction of sp³-hybridized carbons (Fsp3) is 1.00. The first kappa shape index (κ1) is 13.5. The van der Waals surface area contributed by atoms with E-state index >= 15 is 0 Å². The molecule has 1 atom stereocenters. The average molecular weight is 163 g/mol. The molecule has 70 valence electrons. The number of hydrogen-bond donors (Lipinski definition) is 1. The summed E-state index contributed by atoms with van der Waals surface area (Å²) in [7, 11) is 0. The maximum atomic E-state index is 12.7. The van der Waals surface area contributed by atoms with Crippen LogP contribution in [0.2, 0.25) is 0 Å². The van der Waals surface area contributed by atoms with Crippen LogP contribution >= 0.6 is 0 Å². The summed E-state index contributed by atoms with van der Waals surface area (Å²) in [4.78, 5) is 0. The molecule has 0 spiro atoms. The van der Waals surface area contributed by atoms with E-state index in [1.54, 1.807) is 13.8 Å². The standard InChI is InChI=1S/C7H16FN.C2H6/c1-4-6(9)5-7(2,3)8;1-2/h6H,4-5,9H2,1-3H3;1-2H3. The first-order chi connectivity index (χ1) is 4.95. The Morgan fingerprint density at radius 2 is 1.73 bits per heavy atom. The van der Waals surface area contributed by atoms with Crippen LogP contribution in [0, 0.1) is 0 Å². The van der Waals surface area contributed by atoms with Crippen molar-refractivity contribution in [2.75, 3.05) is 0 Å². The Labute approximate surface area is 70.2 Å². The van der Waals surface area contributed by atoms with E-state index in [2.05, 4.69) is 0 Å². The molecule has 0 heterocycles. The van der Waals surface area contributed by atoms with Crippen LogP contribution < -0.4 is 5.73 Å². The molecule has 11 heavy (non-hydrogen) atoms. The summed E-state index contributed by atoms with van der Waals surface area (Å²) in [6.45, 7) is 9.08. The maximum absolute atomic E-state index is 12.7. The van der Waals surface area contributed by atoms with Gasteiger partial charge in [-0.05, 0) is 26.7 Å². The average Bonchev–Trinajstić information content (AvgIpc) is 1.89. The van der Waals surface area contributed by atoms with E-state index in [4.69, 9.17) is 5.73 Å². The normalized spacial score (nSPS) is 13.4. The molecule has 0 aromatic rings. The molecule has 0 bridgehead atoms. The SMILES string of the molecule is CC.CCC(N)CC(C)(C)F. The van der Waals surface area contributed by atoms with Crippen molar-refractivity contribution in [2.45, 2.75) is 59.2 Å². The van der Waals surface area contributed by atoms with Gasteiger partial charge in [-0.25, -0.2) is 4.39 Å². The Hall–Kier alpha value is -0.110. The molecule has 0 aromatic heterocycles. The van der Waals surface area contributed by atoms with Gasteiger partial charge in [-0.3, -0.25) is 0 Å². The summed E-state index contributed by atoms with van der Waals surface area (Å²) in [6, 6.07) is 0.0185. The molecule has 2 N–H and O–H groups in total. The second kappa shape index (κ2) is 6.59. The van der Waals surface area contributed by atoms with E-state index in [0.29, 0.717) is 6.42 Å². The quantitative estimate of drug-likeness (QED) is 0.680. The summed E-state index contributed by atoms with van der Waals surface area (Å²) < 4.78 is 12.7. The second-order valence-electron chi connectivity index (χ2n) is 3.09. The van der Waals surface area contributed by atoms with Crippen molar-refractivity contribution in [3.8, 4) is 0 Å². The predicted octanol–water partition coefficient (Wildman–Crippen LogP) is 2.89. The van der Waals surface area contributed by atoms with Gasteiger partial charge in [0.2, 0.25) is 0 Å². The molecule has 0 aliphatic rings. The monoisotopic (exact) mass is 163 g/mol. The van der Waals surface area contributed by atoms with Gasteiger partial charge in [0.1, 0.15) is 5.67 Å². The highest BCUT2D eigenvalue weighted by molar-refractivity contribution is 4.72. The van der Waals surface area contributed by atoms with Crippen molar-refractivity contribution in [1.82, 2.24) is 0 Å². The number of rotatable bonds is 3. The topological polar surface area (TPSA) is 26.0 Å². The fourth-order valence-electron chi connectivity index (χ4n) is 0.768. The van der Waals surface area contributed by atoms with Gasteiger partial charge in [-0.1, -0.05) is 20.8 Å². The van der Waals surface area contributed by atoms with Gasteiger partial charge in [0.25, 0.3) is 0 Å². The maximum Gasteiger partial charge on any atom is 0.107 e. The van der Waals surface area contributed by atoms with Crippen LogP contribution in [-0.2, 0) is 0 Å². The molecule has 0 saturated heterocycles. The van der Waals surface area contributed by atoms with Gasteiger partial charge in [-0.2, -0.15) is 0 Å². The van der Waals surface area contributed by atoms with Crippen molar-refractivity contribution in [2.24, 2.45) is 5.73 Å². The smallest absolute Gasteiger partial charge is 0.107 e. The Morgan fingerprint density at radius 3 is 1.82 bits per heavy atom. The molecule has 0 amide bonds. The zero-order valence-electron chi connectivity index (χ0n) is 8.45. The Kier molecular flexibility index (Phi) is 8.08. The first-order valence-electron chi connectivity index (χ1n) is 4.40. The van der Waals surface area contributed by atoms with Crippen LogP contribution in [0.25, 0.3) is 0 Å². The predicted molar refractivity (Wildman–Crippen MR) is 49.4 cm³/mol. The van der Waals surface area contributed by atoms with E-state index in [0.717, 1.165) is 6.42 Å². The molecule has 1 unspecified atom stereocenters. The van der Waals surface area contributed by atoms with Gasteiger partial charge in [0, 0.05) is 6.04 Å². The van der Waals surface area contributed by atoms with Gasteiger partial charge in [0.15, 0.2) is 0 Å². The lowest BCUT2D eigenvalue weighted by Crippen LogP contribution is -2.28. The van der Waals surface area contributed by atoms with Gasteiger partial charge < -0.3 is 5.73 Å². The summed E-state index contributed by atoms with van der Waals surface area (Å²) in [5.74, 6) is 0. The fourth-order valence-corrected chi connectivity index (χ4v) is 0.768. The molecule has 0 aliphatic heterocycles. The van der Waals surface area contributed by atoms with E-state index in [1.165, 1.54) is 0 Å². The molecular formula is C9H22FN. The van der Waals surface area contributed by atoms with Gasteiger partial charge in [-0.15, -0.1) is 0 Å². The Bertz CT molecular complexity index is 76.1. The highest BCUT2D eigenvalue weighted by Gasteiger charge is 2.18. The van der Waals surface area contributed by atoms with E-state index in [1.807, 2.05) is 20.8 Å². The van der Waals surface area contributed by atoms with Crippen molar-refractivity contribution in [3.63, 3.8) is 0 Å². The lowest BCUT2D eigenvalue weighted by Gasteiger charge is -2.17. The summed E-state index contributed by atoms with van der Waals surface area (Å²) in [5.41, 5.74) is 4.42. The Balaban J connectivity index is 0. The number of halogens is 1. The minimum Gasteiger partial charge on any atom is -0.328 e. The van der Waals surface area contributed by atoms with Crippen molar-refractivity contribution < 1.29 is 4.39 Å². The zero-order valence-corrected chi connectivity index (χ0v) is 8.45. The highest BCUT2D eigenvalue weighted by atomic mass is 19.1. The van der Waals surface area contributed by atoms with Crippen LogP contribution in [0.5, 0.6) is 0 Å². The van der Waals surface area contributed by atoms with Crippen LogP contribution in [0.1, 0.15) is 47.5 Å². The number of nitrogens with two attached hydrogens (primary N) is 1. The molecular weight excluding hydrogens is 141 g/mol. The third-order valence-electron chi connectivity index (χ3n) is 1.27. The van der Waals surface area contributed by atoms with Crippen molar-refractivity contribution >= 4 is 0 Å². The molecule has 2 heteroatoms. The summed E-state index contributed by atoms with van der Waals surface area (Å²) in [6.07, 6.45) is 1.32.